The van der Waals surface area contributed by atoms with Crippen molar-refractivity contribution in [2.24, 2.45) is 0 Å². The molecule has 0 aliphatic rings. The van der Waals surface area contributed by atoms with E-state index in [-0.39, 0.29) is 4.83 Å². The van der Waals surface area contributed by atoms with E-state index < -0.39 is 0 Å². The summed E-state index contributed by atoms with van der Waals surface area (Å²) in [4.78, 5) is 0.0139. The number of hydrogen-bond donors (Lipinski definition) is 0. The van der Waals surface area contributed by atoms with Crippen molar-refractivity contribution in [1.82, 2.24) is 0 Å². The Morgan fingerprint density at radius 2 is 1.72 bits per heavy atom. The summed E-state index contributed by atoms with van der Waals surface area (Å²) in [6.45, 7) is 2.05. The molecule has 6 heteroatoms. The summed E-state index contributed by atoms with van der Waals surface area (Å²) in [5.74, 6) is 0. The van der Waals surface area contributed by atoms with Gasteiger partial charge in [-0.1, -0.05) is 71.0 Å². The highest BCUT2D eigenvalue weighted by atomic mass is 79.9. The molecule has 0 N–H and O–H groups in total. The molecular formula is C12H7Br3Cl2S. The number of halogens is 5. The molecule has 0 aliphatic heterocycles. The molecule has 2 aromatic rings. The predicted molar refractivity (Wildman–Crippen MR) is 91.7 cm³/mol. The molecule has 0 spiro atoms. The molecule has 0 fully saturated rings. The fourth-order valence-corrected chi connectivity index (χ4v) is 5.46. The highest BCUT2D eigenvalue weighted by Gasteiger charge is 2.19. The third-order valence-electron chi connectivity index (χ3n) is 2.51. The van der Waals surface area contributed by atoms with Crippen LogP contribution in [0, 0.1) is 6.92 Å². The van der Waals surface area contributed by atoms with Gasteiger partial charge in [0.1, 0.15) is 0 Å². The fourth-order valence-electron chi connectivity index (χ4n) is 1.55. The monoisotopic (exact) mass is 490 g/mol. The molecule has 1 atom stereocenters. The highest BCUT2D eigenvalue weighted by Crippen LogP contribution is 2.44. The fraction of sp³-hybridized carbons (Fsp3) is 0.167. The summed E-state index contributed by atoms with van der Waals surface area (Å²) in [7, 11) is 0. The van der Waals surface area contributed by atoms with E-state index in [1.807, 2.05) is 6.07 Å². The lowest BCUT2D eigenvalue weighted by Gasteiger charge is -2.13. The van der Waals surface area contributed by atoms with Gasteiger partial charge in [0.05, 0.1) is 13.5 Å². The predicted octanol–water partition coefficient (Wildman–Crippen LogP) is 7.37. The van der Waals surface area contributed by atoms with Gasteiger partial charge in [-0.05, 0) is 36.2 Å². The van der Waals surface area contributed by atoms with Gasteiger partial charge in [0.15, 0.2) is 0 Å². The van der Waals surface area contributed by atoms with Crippen LogP contribution in [0.5, 0.6) is 0 Å². The summed E-state index contributed by atoms with van der Waals surface area (Å²) in [6, 6.07) is 6.06. The molecule has 0 amide bonds. The van der Waals surface area contributed by atoms with Crippen LogP contribution in [0.1, 0.15) is 21.5 Å². The van der Waals surface area contributed by atoms with Crippen molar-refractivity contribution in [2.45, 2.75) is 11.8 Å². The summed E-state index contributed by atoms with van der Waals surface area (Å²) in [5, 5.41) is 0. The van der Waals surface area contributed by atoms with Crippen molar-refractivity contribution in [3.63, 3.8) is 0 Å². The first-order chi connectivity index (χ1) is 8.40. The van der Waals surface area contributed by atoms with Crippen LogP contribution in [-0.2, 0) is 0 Å². The second-order valence-electron chi connectivity index (χ2n) is 3.77. The van der Waals surface area contributed by atoms with Crippen LogP contribution in [0.3, 0.4) is 0 Å². The number of rotatable bonds is 2. The maximum atomic E-state index is 6.19. The van der Waals surface area contributed by atoms with Crippen molar-refractivity contribution >= 4 is 82.3 Å². The summed E-state index contributed by atoms with van der Waals surface area (Å²) in [6.07, 6.45) is 0. The Bertz CT molecular complexity index is 595. The third kappa shape index (κ3) is 3.15. The Morgan fingerprint density at radius 3 is 2.28 bits per heavy atom. The zero-order valence-corrected chi connectivity index (χ0v) is 16.2. The summed E-state index contributed by atoms with van der Waals surface area (Å²) in [5.41, 5.74) is 3.28. The highest BCUT2D eigenvalue weighted by molar-refractivity contribution is 9.11. The quantitative estimate of drug-likeness (QED) is 0.383. The third-order valence-corrected chi connectivity index (χ3v) is 6.55. The van der Waals surface area contributed by atoms with Crippen LogP contribution in [0.25, 0.3) is 0 Å². The van der Waals surface area contributed by atoms with Crippen LogP contribution in [-0.4, -0.2) is 0 Å². The van der Waals surface area contributed by atoms with Crippen LogP contribution in [0.2, 0.25) is 8.67 Å². The Balaban J connectivity index is 2.49. The normalized spacial score (nSPS) is 12.8. The van der Waals surface area contributed by atoms with Crippen molar-refractivity contribution in [3.05, 3.63) is 52.5 Å². The number of alkyl halides is 1. The molecule has 0 bridgehead atoms. The van der Waals surface area contributed by atoms with Crippen LogP contribution in [0.4, 0.5) is 0 Å². The molecule has 0 radical (unpaired) electrons. The minimum absolute atomic E-state index is 0.0139. The maximum Gasteiger partial charge on any atom is 0.0990 e. The molecule has 1 unspecified atom stereocenters. The molecule has 18 heavy (non-hydrogen) atoms. The Morgan fingerprint density at radius 1 is 1.06 bits per heavy atom. The minimum Gasteiger partial charge on any atom is -0.111 e. The first kappa shape index (κ1) is 15.3. The van der Waals surface area contributed by atoms with Gasteiger partial charge in [-0.3, -0.25) is 0 Å². The second-order valence-corrected chi connectivity index (χ2v) is 8.67. The van der Waals surface area contributed by atoms with Crippen LogP contribution >= 0.6 is 82.3 Å². The number of thiophene rings is 1. The molecule has 0 nitrogen and oxygen atoms in total. The van der Waals surface area contributed by atoms with E-state index in [0.29, 0.717) is 8.67 Å². The Hall–Kier alpha value is 0.940. The van der Waals surface area contributed by atoms with Crippen molar-refractivity contribution in [2.75, 3.05) is 0 Å². The second kappa shape index (κ2) is 6.15. The van der Waals surface area contributed by atoms with E-state index in [9.17, 15) is 0 Å². The molecule has 0 aliphatic carbocycles. The van der Waals surface area contributed by atoms with Crippen molar-refractivity contribution < 1.29 is 0 Å². The molecule has 1 aromatic heterocycles. The number of aryl methyl sites for hydroxylation is 1. The van der Waals surface area contributed by atoms with E-state index in [4.69, 9.17) is 23.2 Å². The average molecular weight is 494 g/mol. The van der Waals surface area contributed by atoms with Crippen LogP contribution in [0.15, 0.2) is 27.1 Å². The lowest BCUT2D eigenvalue weighted by molar-refractivity contribution is 1.16. The number of benzene rings is 1. The van der Waals surface area contributed by atoms with Gasteiger partial charge in [0, 0.05) is 14.5 Å². The molecule has 0 saturated heterocycles. The molecule has 96 valence electrons. The maximum absolute atomic E-state index is 6.19. The van der Waals surface area contributed by atoms with Crippen molar-refractivity contribution in [1.29, 1.82) is 0 Å². The smallest absolute Gasteiger partial charge is 0.0990 e. The zero-order chi connectivity index (χ0) is 13.4. The first-order valence-electron chi connectivity index (χ1n) is 4.94. The first-order valence-corrected chi connectivity index (χ1v) is 9.02. The van der Waals surface area contributed by atoms with Gasteiger partial charge < -0.3 is 0 Å². The summed E-state index contributed by atoms with van der Waals surface area (Å²) < 4.78 is 3.53. The molecule has 0 saturated carbocycles. The van der Waals surface area contributed by atoms with Gasteiger partial charge in [-0.2, -0.15) is 0 Å². The Kier molecular flexibility index (Phi) is 5.24. The van der Waals surface area contributed by atoms with E-state index in [0.717, 1.165) is 20.1 Å². The van der Waals surface area contributed by atoms with Crippen LogP contribution < -0.4 is 0 Å². The molecule has 1 aromatic carbocycles. The van der Waals surface area contributed by atoms with E-state index in [1.54, 1.807) is 0 Å². The summed E-state index contributed by atoms with van der Waals surface area (Å²) >= 11 is 24.4. The standard InChI is InChI=1S/C12H7Br3Cl2S/c1-5-2-9(14)6(3-8(5)13)11(15)7-4-10(16)18-12(7)17/h2-4,11H,1H3. The minimum atomic E-state index is 0.0139. The topological polar surface area (TPSA) is 0 Å². The SMILES string of the molecule is Cc1cc(Br)c(C(Br)c2cc(Cl)sc2Cl)cc1Br. The van der Waals surface area contributed by atoms with Gasteiger partial charge in [-0.15, -0.1) is 11.3 Å². The van der Waals surface area contributed by atoms with Gasteiger partial charge in [0.2, 0.25) is 0 Å². The van der Waals surface area contributed by atoms with E-state index in [1.165, 1.54) is 16.9 Å². The number of hydrogen-bond acceptors (Lipinski definition) is 1. The largest absolute Gasteiger partial charge is 0.111 e. The molecular weight excluding hydrogens is 487 g/mol. The molecule has 1 heterocycles. The van der Waals surface area contributed by atoms with Gasteiger partial charge >= 0.3 is 0 Å². The van der Waals surface area contributed by atoms with Crippen molar-refractivity contribution in [3.8, 4) is 0 Å². The van der Waals surface area contributed by atoms with E-state index >= 15 is 0 Å². The lowest BCUT2D eigenvalue weighted by atomic mass is 10.1. The lowest BCUT2D eigenvalue weighted by Crippen LogP contribution is -1.94. The average Bonchev–Trinajstić information content (AvgIpc) is 2.62. The molecule has 2 rings (SSSR count). The zero-order valence-electron chi connectivity index (χ0n) is 9.11. The van der Waals surface area contributed by atoms with E-state index in [2.05, 4.69) is 66.8 Å². The van der Waals surface area contributed by atoms with Gasteiger partial charge in [-0.25, -0.2) is 0 Å². The Labute approximate surface area is 145 Å². The van der Waals surface area contributed by atoms with Gasteiger partial charge in [0.25, 0.3) is 0 Å².